The average molecular weight is 231 g/mol. The Kier molecular flexibility index (Phi) is 2.44. The smallest absolute Gasteiger partial charge is 0.149 e. The Balaban J connectivity index is 2.14. The second kappa shape index (κ2) is 3.96. The van der Waals surface area contributed by atoms with E-state index in [4.69, 9.17) is 5.84 Å². The highest BCUT2D eigenvalue weighted by Gasteiger charge is 2.24. The molecule has 0 unspecified atom stereocenters. The highest BCUT2D eigenvalue weighted by Crippen LogP contribution is 2.34. The van der Waals surface area contributed by atoms with Gasteiger partial charge in [0.1, 0.15) is 11.3 Å². The molecule has 3 N–H and O–H groups in total. The summed E-state index contributed by atoms with van der Waals surface area (Å²) in [6.07, 6.45) is 3.35. The van der Waals surface area contributed by atoms with Crippen LogP contribution in [0.4, 0.5) is 10.1 Å². The van der Waals surface area contributed by atoms with Gasteiger partial charge in [0, 0.05) is 5.39 Å². The van der Waals surface area contributed by atoms with Crippen LogP contribution in [0, 0.1) is 11.7 Å². The number of nitrogen functional groups attached to an aromatic ring is 1. The first-order valence-electron chi connectivity index (χ1n) is 5.82. The molecule has 2 aromatic rings. The summed E-state index contributed by atoms with van der Waals surface area (Å²) in [6, 6.07) is 6.82. The molecule has 1 fully saturated rings. The lowest BCUT2D eigenvalue weighted by molar-refractivity contribution is 0.636. The van der Waals surface area contributed by atoms with Gasteiger partial charge in [-0.1, -0.05) is 12.1 Å². The first-order chi connectivity index (χ1) is 8.28. The molecule has 1 saturated carbocycles. The van der Waals surface area contributed by atoms with Crippen LogP contribution in [0.1, 0.15) is 18.5 Å². The van der Waals surface area contributed by atoms with Crippen LogP contribution in [0.15, 0.2) is 24.3 Å². The molecular formula is C13H14FN3. The number of hydrogen-bond acceptors (Lipinski definition) is 3. The van der Waals surface area contributed by atoms with Crippen LogP contribution < -0.4 is 11.3 Å². The van der Waals surface area contributed by atoms with Gasteiger partial charge in [-0.15, -0.1) is 0 Å². The maximum atomic E-state index is 13.6. The van der Waals surface area contributed by atoms with E-state index < -0.39 is 0 Å². The quantitative estimate of drug-likeness (QED) is 0.630. The number of nitrogens with two attached hydrogens (primary N) is 1. The van der Waals surface area contributed by atoms with Gasteiger partial charge in [-0.05, 0) is 37.3 Å². The Morgan fingerprint density at radius 2 is 2.24 bits per heavy atom. The van der Waals surface area contributed by atoms with Crippen LogP contribution in [0.25, 0.3) is 10.9 Å². The fourth-order valence-electron chi connectivity index (χ4n) is 2.08. The molecule has 1 aliphatic rings. The first-order valence-corrected chi connectivity index (χ1v) is 5.82. The normalized spacial score (nSPS) is 15.2. The van der Waals surface area contributed by atoms with E-state index in [2.05, 4.69) is 10.4 Å². The summed E-state index contributed by atoms with van der Waals surface area (Å²) in [5.41, 5.74) is 4.76. The lowest BCUT2D eigenvalue weighted by atomic mass is 10.1. The van der Waals surface area contributed by atoms with Crippen LogP contribution in [0.2, 0.25) is 0 Å². The summed E-state index contributed by atoms with van der Waals surface area (Å²) in [4.78, 5) is 4.41. The van der Waals surface area contributed by atoms with Crippen LogP contribution >= 0.6 is 0 Å². The van der Waals surface area contributed by atoms with Crippen LogP contribution in [-0.2, 0) is 6.42 Å². The number of fused-ring (bicyclic) bond motifs is 1. The molecule has 3 nitrogen and oxygen atoms in total. The summed E-state index contributed by atoms with van der Waals surface area (Å²) >= 11 is 0. The molecule has 0 spiro atoms. The zero-order chi connectivity index (χ0) is 11.8. The minimum atomic E-state index is -0.275. The molecule has 3 rings (SSSR count). The summed E-state index contributed by atoms with van der Waals surface area (Å²) in [7, 11) is 0. The number of aromatic nitrogens is 1. The minimum Gasteiger partial charge on any atom is -0.322 e. The van der Waals surface area contributed by atoms with E-state index >= 15 is 0 Å². The Labute approximate surface area is 98.8 Å². The number of anilines is 1. The van der Waals surface area contributed by atoms with Gasteiger partial charge >= 0.3 is 0 Å². The van der Waals surface area contributed by atoms with Gasteiger partial charge < -0.3 is 5.43 Å². The maximum Gasteiger partial charge on any atom is 0.149 e. The largest absolute Gasteiger partial charge is 0.322 e. The molecule has 4 heteroatoms. The number of para-hydroxylation sites is 1. The molecule has 1 aromatic heterocycles. The second-order valence-electron chi connectivity index (χ2n) is 4.59. The zero-order valence-corrected chi connectivity index (χ0v) is 9.41. The zero-order valence-electron chi connectivity index (χ0n) is 9.41. The molecule has 17 heavy (non-hydrogen) atoms. The minimum absolute atomic E-state index is 0.275. The average Bonchev–Trinajstić information content (AvgIpc) is 3.13. The van der Waals surface area contributed by atoms with E-state index in [-0.39, 0.29) is 5.82 Å². The standard InChI is InChI=1S/C13H14FN3/c14-10-3-1-2-9-7-12(17-15)11(16-13(9)10)6-8-4-5-8/h1-3,7-8,17H,4-6,15H2. The van der Waals surface area contributed by atoms with Crippen molar-refractivity contribution in [2.75, 3.05) is 5.43 Å². The molecule has 0 bridgehead atoms. The van der Waals surface area contributed by atoms with Gasteiger partial charge in [0.15, 0.2) is 0 Å². The number of hydrogen-bond donors (Lipinski definition) is 2. The summed E-state index contributed by atoms with van der Waals surface area (Å²) in [5.74, 6) is 5.91. The monoisotopic (exact) mass is 231 g/mol. The third kappa shape index (κ3) is 1.96. The predicted molar refractivity (Wildman–Crippen MR) is 65.9 cm³/mol. The number of nitrogens with zero attached hydrogens (tertiary/aromatic N) is 1. The van der Waals surface area contributed by atoms with E-state index in [1.54, 1.807) is 6.07 Å². The van der Waals surface area contributed by atoms with Gasteiger partial charge in [-0.25, -0.2) is 9.37 Å². The van der Waals surface area contributed by atoms with Crippen molar-refractivity contribution in [1.29, 1.82) is 0 Å². The predicted octanol–water partition coefficient (Wildman–Crippen LogP) is 2.61. The van der Waals surface area contributed by atoms with Crippen molar-refractivity contribution in [3.8, 4) is 0 Å². The van der Waals surface area contributed by atoms with E-state index in [9.17, 15) is 4.39 Å². The fraction of sp³-hybridized carbons (Fsp3) is 0.308. The van der Waals surface area contributed by atoms with Gasteiger partial charge in [-0.2, -0.15) is 0 Å². The summed E-state index contributed by atoms with van der Waals surface area (Å²) < 4.78 is 13.6. The Hall–Kier alpha value is -1.68. The number of hydrazine groups is 1. The summed E-state index contributed by atoms with van der Waals surface area (Å²) in [5, 5.41) is 0.775. The molecular weight excluding hydrogens is 217 g/mol. The molecule has 0 radical (unpaired) electrons. The van der Waals surface area contributed by atoms with Gasteiger partial charge in [0.05, 0.1) is 11.4 Å². The van der Waals surface area contributed by atoms with Crippen molar-refractivity contribution in [2.45, 2.75) is 19.3 Å². The number of pyridine rings is 1. The number of rotatable bonds is 3. The van der Waals surface area contributed by atoms with Crippen LogP contribution in [0.5, 0.6) is 0 Å². The van der Waals surface area contributed by atoms with Crippen LogP contribution in [0.3, 0.4) is 0 Å². The third-order valence-corrected chi connectivity index (χ3v) is 3.21. The lowest BCUT2D eigenvalue weighted by Gasteiger charge is -2.09. The van der Waals surface area contributed by atoms with Gasteiger partial charge in [0.2, 0.25) is 0 Å². The van der Waals surface area contributed by atoms with E-state index in [1.165, 1.54) is 18.9 Å². The number of halogens is 1. The van der Waals surface area contributed by atoms with Crippen molar-refractivity contribution in [3.63, 3.8) is 0 Å². The highest BCUT2D eigenvalue weighted by molar-refractivity contribution is 5.83. The summed E-state index contributed by atoms with van der Waals surface area (Å²) in [6.45, 7) is 0. The van der Waals surface area contributed by atoms with Crippen molar-refractivity contribution < 1.29 is 4.39 Å². The SMILES string of the molecule is NNc1cc2cccc(F)c2nc1CC1CC1. The Morgan fingerprint density at radius 1 is 1.41 bits per heavy atom. The van der Waals surface area contributed by atoms with Crippen LogP contribution in [-0.4, -0.2) is 4.98 Å². The topological polar surface area (TPSA) is 50.9 Å². The Bertz CT molecular complexity index is 564. The third-order valence-electron chi connectivity index (χ3n) is 3.21. The van der Waals surface area contributed by atoms with Gasteiger partial charge in [-0.3, -0.25) is 5.84 Å². The molecule has 0 amide bonds. The molecule has 0 aliphatic heterocycles. The van der Waals surface area contributed by atoms with E-state index in [0.717, 1.165) is 23.2 Å². The first kappa shape index (κ1) is 10.5. The second-order valence-corrected chi connectivity index (χ2v) is 4.59. The van der Waals surface area contributed by atoms with Gasteiger partial charge in [0.25, 0.3) is 0 Å². The molecule has 88 valence electrons. The van der Waals surface area contributed by atoms with Crippen molar-refractivity contribution in [2.24, 2.45) is 11.8 Å². The maximum absolute atomic E-state index is 13.6. The molecule has 1 aliphatic carbocycles. The molecule has 0 atom stereocenters. The van der Waals surface area contributed by atoms with E-state index in [0.29, 0.717) is 11.4 Å². The van der Waals surface area contributed by atoms with Crippen molar-refractivity contribution in [1.82, 2.24) is 4.98 Å². The van der Waals surface area contributed by atoms with Crippen molar-refractivity contribution in [3.05, 3.63) is 35.8 Å². The lowest BCUT2D eigenvalue weighted by Crippen LogP contribution is -2.11. The number of benzene rings is 1. The number of nitrogens with one attached hydrogen (secondary N) is 1. The molecule has 0 saturated heterocycles. The highest BCUT2D eigenvalue weighted by atomic mass is 19.1. The van der Waals surface area contributed by atoms with E-state index in [1.807, 2.05) is 12.1 Å². The fourth-order valence-corrected chi connectivity index (χ4v) is 2.08. The Morgan fingerprint density at radius 3 is 2.94 bits per heavy atom. The molecule has 1 heterocycles. The van der Waals surface area contributed by atoms with Crippen molar-refractivity contribution >= 4 is 16.6 Å². The molecule has 1 aromatic carbocycles.